The third-order valence-corrected chi connectivity index (χ3v) is 3.72. The maximum absolute atomic E-state index is 12.5. The first kappa shape index (κ1) is 18.0. The fraction of sp³-hybridized carbons (Fsp3) is 0.176. The Balaban J connectivity index is 1.75. The highest BCUT2D eigenvalue weighted by Gasteiger charge is 2.18. The van der Waals surface area contributed by atoms with Crippen molar-refractivity contribution < 1.29 is 14.2 Å². The van der Waals surface area contributed by atoms with E-state index in [1.54, 1.807) is 43.5 Å². The number of benzene rings is 1. The topological polar surface area (TPSA) is 127 Å². The summed E-state index contributed by atoms with van der Waals surface area (Å²) in [5.74, 6) is 0.115. The Morgan fingerprint density at radius 1 is 1.26 bits per heavy atom. The smallest absolute Gasteiger partial charge is 0.270 e. The third kappa shape index (κ3) is 4.06. The molecule has 0 aliphatic carbocycles. The zero-order valence-electron chi connectivity index (χ0n) is 14.6. The van der Waals surface area contributed by atoms with E-state index in [-0.39, 0.29) is 23.7 Å². The second-order valence-corrected chi connectivity index (χ2v) is 5.78. The molecule has 2 heterocycles. The number of non-ortho nitro benzene ring substituents is 1. The van der Waals surface area contributed by atoms with Gasteiger partial charge in [0.1, 0.15) is 0 Å². The molecule has 3 aromatic rings. The molecule has 27 heavy (non-hydrogen) atoms. The first-order chi connectivity index (χ1) is 13.0. The Morgan fingerprint density at radius 2 is 2.00 bits per heavy atom. The fourth-order valence-corrected chi connectivity index (χ4v) is 2.41. The van der Waals surface area contributed by atoms with E-state index in [1.807, 2.05) is 0 Å². The van der Waals surface area contributed by atoms with Gasteiger partial charge in [-0.25, -0.2) is 0 Å². The standard InChI is InChI=1S/C17H16N6O4/c1-22(2)14-4-3-12(23(25)26)9-13(14)17(24)19-10-15-20-16(21-27-15)11-5-7-18-8-6-11/h3-9H,10H2,1-2H3,(H,19,24). The van der Waals surface area contributed by atoms with Crippen LogP contribution in [-0.2, 0) is 6.54 Å². The van der Waals surface area contributed by atoms with Gasteiger partial charge in [0.15, 0.2) is 0 Å². The monoisotopic (exact) mass is 368 g/mol. The van der Waals surface area contributed by atoms with Gasteiger partial charge in [0.05, 0.1) is 17.0 Å². The third-order valence-electron chi connectivity index (χ3n) is 3.72. The Labute approximate surface area is 154 Å². The van der Waals surface area contributed by atoms with Gasteiger partial charge in [0, 0.05) is 49.9 Å². The maximum atomic E-state index is 12.5. The molecular weight excluding hydrogens is 352 g/mol. The van der Waals surface area contributed by atoms with E-state index < -0.39 is 10.8 Å². The Hall–Kier alpha value is -3.82. The highest BCUT2D eigenvalue weighted by atomic mass is 16.6. The SMILES string of the molecule is CN(C)c1ccc([N+](=O)[O-])cc1C(=O)NCc1nc(-c2ccncc2)no1. The molecule has 0 aliphatic rings. The number of rotatable bonds is 6. The minimum atomic E-state index is -0.546. The summed E-state index contributed by atoms with van der Waals surface area (Å²) < 4.78 is 5.13. The van der Waals surface area contributed by atoms with Gasteiger partial charge in [0.25, 0.3) is 11.6 Å². The molecule has 0 spiro atoms. The summed E-state index contributed by atoms with van der Waals surface area (Å²) in [6.07, 6.45) is 3.22. The van der Waals surface area contributed by atoms with Crippen LogP contribution in [0.15, 0.2) is 47.2 Å². The number of aromatic nitrogens is 3. The molecule has 138 valence electrons. The lowest BCUT2D eigenvalue weighted by atomic mass is 10.1. The molecule has 10 heteroatoms. The largest absolute Gasteiger partial charge is 0.377 e. The molecule has 1 amide bonds. The molecule has 3 rings (SSSR count). The van der Waals surface area contributed by atoms with Gasteiger partial charge >= 0.3 is 0 Å². The summed E-state index contributed by atoms with van der Waals surface area (Å²) in [5, 5.41) is 17.5. The minimum absolute atomic E-state index is 0.00746. The van der Waals surface area contributed by atoms with E-state index >= 15 is 0 Å². The van der Waals surface area contributed by atoms with Gasteiger partial charge in [0.2, 0.25) is 11.7 Å². The molecule has 0 atom stereocenters. The van der Waals surface area contributed by atoms with Crippen LogP contribution in [0.3, 0.4) is 0 Å². The van der Waals surface area contributed by atoms with Crippen LogP contribution in [0.2, 0.25) is 0 Å². The minimum Gasteiger partial charge on any atom is -0.377 e. The van der Waals surface area contributed by atoms with E-state index in [2.05, 4.69) is 20.4 Å². The lowest BCUT2D eigenvalue weighted by Gasteiger charge is -2.16. The van der Waals surface area contributed by atoms with Crippen molar-refractivity contribution in [2.75, 3.05) is 19.0 Å². The van der Waals surface area contributed by atoms with E-state index in [0.29, 0.717) is 11.5 Å². The maximum Gasteiger partial charge on any atom is 0.270 e. The normalized spacial score (nSPS) is 10.4. The molecule has 0 saturated heterocycles. The van der Waals surface area contributed by atoms with Crippen LogP contribution in [-0.4, -0.2) is 40.1 Å². The molecule has 10 nitrogen and oxygen atoms in total. The summed E-state index contributed by atoms with van der Waals surface area (Å²) >= 11 is 0. The van der Waals surface area contributed by atoms with E-state index in [1.165, 1.54) is 18.2 Å². The van der Waals surface area contributed by atoms with Crippen molar-refractivity contribution in [1.29, 1.82) is 0 Å². The first-order valence-electron chi connectivity index (χ1n) is 7.92. The van der Waals surface area contributed by atoms with Gasteiger partial charge in [-0.15, -0.1) is 0 Å². The van der Waals surface area contributed by atoms with Crippen molar-refractivity contribution in [2.45, 2.75) is 6.54 Å². The number of nitro benzene ring substituents is 1. The van der Waals surface area contributed by atoms with Crippen molar-refractivity contribution in [1.82, 2.24) is 20.4 Å². The van der Waals surface area contributed by atoms with Crippen molar-refractivity contribution >= 4 is 17.3 Å². The first-order valence-corrected chi connectivity index (χ1v) is 7.92. The fourth-order valence-electron chi connectivity index (χ4n) is 2.41. The zero-order valence-corrected chi connectivity index (χ0v) is 14.6. The number of hydrogen-bond donors (Lipinski definition) is 1. The summed E-state index contributed by atoms with van der Waals surface area (Å²) in [6, 6.07) is 7.59. The van der Waals surface area contributed by atoms with Crippen molar-refractivity contribution in [3.05, 3.63) is 64.3 Å². The molecule has 0 radical (unpaired) electrons. The van der Waals surface area contributed by atoms with Crippen molar-refractivity contribution in [3.8, 4) is 11.4 Å². The second-order valence-electron chi connectivity index (χ2n) is 5.78. The number of amides is 1. The van der Waals surface area contributed by atoms with Gasteiger partial charge in [-0.1, -0.05) is 5.16 Å². The Bertz CT molecular complexity index is 971. The van der Waals surface area contributed by atoms with Crippen molar-refractivity contribution in [2.24, 2.45) is 0 Å². The van der Waals surface area contributed by atoms with Crippen LogP contribution >= 0.6 is 0 Å². The van der Waals surface area contributed by atoms with Crippen molar-refractivity contribution in [3.63, 3.8) is 0 Å². The molecule has 0 unspecified atom stereocenters. The highest BCUT2D eigenvalue weighted by Crippen LogP contribution is 2.24. The van der Waals surface area contributed by atoms with E-state index in [4.69, 9.17) is 4.52 Å². The number of carbonyl (C=O) groups excluding carboxylic acids is 1. The summed E-state index contributed by atoms with van der Waals surface area (Å²) in [5.41, 5.74) is 1.31. The summed E-state index contributed by atoms with van der Waals surface area (Å²) in [6.45, 7) is -0.00746. The molecular formula is C17H16N6O4. The van der Waals surface area contributed by atoms with Crippen LogP contribution in [0.25, 0.3) is 11.4 Å². The lowest BCUT2D eigenvalue weighted by Crippen LogP contribution is -2.25. The number of pyridine rings is 1. The molecule has 1 aromatic carbocycles. The highest BCUT2D eigenvalue weighted by molar-refractivity contribution is 6.00. The predicted molar refractivity (Wildman–Crippen MR) is 96.1 cm³/mol. The Morgan fingerprint density at radius 3 is 2.67 bits per heavy atom. The molecule has 1 N–H and O–H groups in total. The number of nitrogens with one attached hydrogen (secondary N) is 1. The number of anilines is 1. The Kier molecular flexibility index (Phi) is 5.06. The summed E-state index contributed by atoms with van der Waals surface area (Å²) in [7, 11) is 3.49. The van der Waals surface area contributed by atoms with Gasteiger partial charge in [-0.3, -0.25) is 19.9 Å². The van der Waals surface area contributed by atoms with Crippen LogP contribution in [0, 0.1) is 10.1 Å². The second kappa shape index (κ2) is 7.60. The lowest BCUT2D eigenvalue weighted by molar-refractivity contribution is -0.384. The van der Waals surface area contributed by atoms with Gasteiger partial charge in [-0.2, -0.15) is 4.98 Å². The molecule has 2 aromatic heterocycles. The number of nitrogens with zero attached hydrogens (tertiary/aromatic N) is 5. The van der Waals surface area contributed by atoms with Crippen LogP contribution in [0.1, 0.15) is 16.2 Å². The predicted octanol–water partition coefficient (Wildman–Crippen LogP) is 2.04. The molecule has 0 saturated carbocycles. The molecule has 0 fully saturated rings. The molecule has 0 bridgehead atoms. The van der Waals surface area contributed by atoms with Crippen LogP contribution < -0.4 is 10.2 Å². The average molecular weight is 368 g/mol. The van der Waals surface area contributed by atoms with Gasteiger partial charge in [-0.05, 0) is 18.2 Å². The van der Waals surface area contributed by atoms with Gasteiger partial charge < -0.3 is 14.7 Å². The number of hydrogen-bond acceptors (Lipinski definition) is 8. The number of carbonyl (C=O) groups is 1. The van der Waals surface area contributed by atoms with E-state index in [0.717, 1.165) is 5.56 Å². The van der Waals surface area contributed by atoms with E-state index in [9.17, 15) is 14.9 Å². The quantitative estimate of drug-likeness (QED) is 0.517. The number of nitro groups is 1. The summed E-state index contributed by atoms with van der Waals surface area (Å²) in [4.78, 5) is 32.8. The van der Waals surface area contributed by atoms with Crippen LogP contribution in [0.4, 0.5) is 11.4 Å². The average Bonchev–Trinajstić information content (AvgIpc) is 3.15. The zero-order chi connectivity index (χ0) is 19.4. The van der Waals surface area contributed by atoms with Crippen LogP contribution in [0.5, 0.6) is 0 Å². The molecule has 0 aliphatic heterocycles.